The Balaban J connectivity index is 2.08. The molecule has 1 aliphatic carbocycles. The lowest BCUT2D eigenvalue weighted by Crippen LogP contribution is -2.52. The minimum atomic E-state index is -0.804. The van der Waals surface area contributed by atoms with Crippen LogP contribution in [0.4, 0.5) is 0 Å². The fourth-order valence-electron chi connectivity index (χ4n) is 2.55. The van der Waals surface area contributed by atoms with Gasteiger partial charge in [-0.15, -0.1) is 0 Å². The van der Waals surface area contributed by atoms with Gasteiger partial charge in [0.25, 0.3) is 0 Å². The number of benzene rings is 1. The van der Waals surface area contributed by atoms with Gasteiger partial charge in [0.2, 0.25) is 0 Å². The van der Waals surface area contributed by atoms with Crippen LogP contribution in [-0.4, -0.2) is 16.6 Å². The van der Waals surface area contributed by atoms with Crippen molar-refractivity contribution in [3.8, 4) is 0 Å². The van der Waals surface area contributed by atoms with Crippen molar-refractivity contribution >= 4 is 29.2 Å². The molecular formula is C14H17Cl2NO2. The number of halogens is 2. The van der Waals surface area contributed by atoms with E-state index in [1.807, 2.05) is 6.07 Å². The van der Waals surface area contributed by atoms with Crippen LogP contribution in [-0.2, 0) is 11.3 Å². The first-order chi connectivity index (χ1) is 9.03. The SMILES string of the molecule is O=C(O)C1(NCc2ccc(Cl)cc2Cl)CCCCC1. The molecule has 0 atom stereocenters. The molecular weight excluding hydrogens is 285 g/mol. The molecule has 0 aliphatic heterocycles. The molecule has 1 aromatic rings. The van der Waals surface area contributed by atoms with E-state index in [-0.39, 0.29) is 0 Å². The normalized spacial score (nSPS) is 18.2. The minimum absolute atomic E-state index is 0.447. The molecule has 1 saturated carbocycles. The molecule has 104 valence electrons. The van der Waals surface area contributed by atoms with Crippen molar-refractivity contribution in [1.82, 2.24) is 5.32 Å². The van der Waals surface area contributed by atoms with Gasteiger partial charge in [0, 0.05) is 16.6 Å². The maximum absolute atomic E-state index is 11.5. The van der Waals surface area contributed by atoms with E-state index in [0.717, 1.165) is 24.8 Å². The molecule has 0 spiro atoms. The molecule has 3 nitrogen and oxygen atoms in total. The van der Waals surface area contributed by atoms with Gasteiger partial charge in [0.15, 0.2) is 0 Å². The van der Waals surface area contributed by atoms with Crippen LogP contribution in [0.5, 0.6) is 0 Å². The Labute approximate surface area is 122 Å². The van der Waals surface area contributed by atoms with Crippen LogP contribution in [0.1, 0.15) is 37.7 Å². The van der Waals surface area contributed by atoms with Crippen molar-refractivity contribution in [2.24, 2.45) is 0 Å². The highest BCUT2D eigenvalue weighted by Crippen LogP contribution is 2.29. The summed E-state index contributed by atoms with van der Waals surface area (Å²) in [7, 11) is 0. The van der Waals surface area contributed by atoms with Crippen molar-refractivity contribution in [2.45, 2.75) is 44.2 Å². The number of nitrogens with one attached hydrogen (secondary N) is 1. The second-order valence-electron chi connectivity index (χ2n) is 5.04. The molecule has 1 aromatic carbocycles. The van der Waals surface area contributed by atoms with Gasteiger partial charge in [-0.1, -0.05) is 48.5 Å². The van der Waals surface area contributed by atoms with E-state index in [9.17, 15) is 9.90 Å². The van der Waals surface area contributed by atoms with E-state index >= 15 is 0 Å². The van der Waals surface area contributed by atoms with Crippen molar-refractivity contribution in [3.63, 3.8) is 0 Å². The summed E-state index contributed by atoms with van der Waals surface area (Å²) in [5.74, 6) is -0.766. The third-order valence-electron chi connectivity index (χ3n) is 3.75. The second-order valence-corrected chi connectivity index (χ2v) is 5.88. The molecule has 0 bridgehead atoms. The van der Waals surface area contributed by atoms with Gasteiger partial charge in [0.1, 0.15) is 5.54 Å². The van der Waals surface area contributed by atoms with Crippen molar-refractivity contribution in [3.05, 3.63) is 33.8 Å². The van der Waals surface area contributed by atoms with E-state index < -0.39 is 11.5 Å². The molecule has 0 amide bonds. The minimum Gasteiger partial charge on any atom is -0.480 e. The monoisotopic (exact) mass is 301 g/mol. The molecule has 0 saturated heterocycles. The lowest BCUT2D eigenvalue weighted by molar-refractivity contribution is -0.146. The Hall–Kier alpha value is -0.770. The van der Waals surface area contributed by atoms with Gasteiger partial charge in [-0.3, -0.25) is 10.1 Å². The van der Waals surface area contributed by atoms with E-state index in [4.69, 9.17) is 23.2 Å². The van der Waals surface area contributed by atoms with Crippen molar-refractivity contribution in [2.75, 3.05) is 0 Å². The van der Waals surface area contributed by atoms with Crippen LogP contribution in [0, 0.1) is 0 Å². The molecule has 2 rings (SSSR count). The molecule has 0 radical (unpaired) electrons. The van der Waals surface area contributed by atoms with Gasteiger partial charge >= 0.3 is 5.97 Å². The zero-order valence-electron chi connectivity index (χ0n) is 10.6. The zero-order chi connectivity index (χ0) is 13.9. The quantitative estimate of drug-likeness (QED) is 0.887. The van der Waals surface area contributed by atoms with Crippen LogP contribution in [0.25, 0.3) is 0 Å². The zero-order valence-corrected chi connectivity index (χ0v) is 12.1. The van der Waals surface area contributed by atoms with Crippen LogP contribution >= 0.6 is 23.2 Å². The van der Waals surface area contributed by atoms with Crippen LogP contribution < -0.4 is 5.32 Å². The average Bonchev–Trinajstić information content (AvgIpc) is 2.38. The number of hydrogen-bond acceptors (Lipinski definition) is 2. The predicted octanol–water partition coefficient (Wildman–Crippen LogP) is 3.87. The highest BCUT2D eigenvalue weighted by atomic mass is 35.5. The van der Waals surface area contributed by atoms with Gasteiger partial charge in [0.05, 0.1) is 0 Å². The molecule has 1 fully saturated rings. The van der Waals surface area contributed by atoms with Crippen molar-refractivity contribution < 1.29 is 9.90 Å². The highest BCUT2D eigenvalue weighted by Gasteiger charge is 2.38. The number of carboxylic acids is 1. The Morgan fingerprint density at radius 1 is 1.26 bits per heavy atom. The first kappa shape index (κ1) is 14.6. The first-order valence-electron chi connectivity index (χ1n) is 6.46. The second kappa shape index (κ2) is 6.12. The summed E-state index contributed by atoms with van der Waals surface area (Å²) in [6, 6.07) is 5.27. The summed E-state index contributed by atoms with van der Waals surface area (Å²) < 4.78 is 0. The predicted molar refractivity (Wildman–Crippen MR) is 76.8 cm³/mol. The number of aliphatic carboxylic acids is 1. The number of hydrogen-bond donors (Lipinski definition) is 2. The molecule has 0 heterocycles. The fourth-order valence-corrected chi connectivity index (χ4v) is 3.03. The summed E-state index contributed by atoms with van der Waals surface area (Å²) in [5.41, 5.74) is 0.0681. The standard InChI is InChI=1S/C14H17Cl2NO2/c15-11-5-4-10(12(16)8-11)9-17-14(13(18)19)6-2-1-3-7-14/h4-5,8,17H,1-3,6-7,9H2,(H,18,19). The molecule has 5 heteroatoms. The molecule has 1 aliphatic rings. The maximum atomic E-state index is 11.5. The van der Waals surface area contributed by atoms with Gasteiger partial charge < -0.3 is 5.11 Å². The van der Waals surface area contributed by atoms with E-state index in [2.05, 4.69) is 5.32 Å². The van der Waals surface area contributed by atoms with Crippen LogP contribution in [0.3, 0.4) is 0 Å². The molecule has 0 unspecified atom stereocenters. The molecule has 19 heavy (non-hydrogen) atoms. The largest absolute Gasteiger partial charge is 0.480 e. The smallest absolute Gasteiger partial charge is 0.323 e. The van der Waals surface area contributed by atoms with Crippen LogP contribution in [0.15, 0.2) is 18.2 Å². The molecule has 0 aromatic heterocycles. The topological polar surface area (TPSA) is 49.3 Å². The lowest BCUT2D eigenvalue weighted by Gasteiger charge is -2.34. The van der Waals surface area contributed by atoms with E-state index in [1.54, 1.807) is 12.1 Å². The Kier molecular flexibility index (Phi) is 4.71. The number of carboxylic acid groups (broad SMARTS) is 1. The summed E-state index contributed by atoms with van der Waals surface area (Å²) in [6.45, 7) is 0.447. The Morgan fingerprint density at radius 3 is 2.53 bits per heavy atom. The lowest BCUT2D eigenvalue weighted by atomic mass is 9.81. The van der Waals surface area contributed by atoms with Gasteiger partial charge in [-0.2, -0.15) is 0 Å². The third-order valence-corrected chi connectivity index (χ3v) is 4.34. The first-order valence-corrected chi connectivity index (χ1v) is 7.21. The summed E-state index contributed by atoms with van der Waals surface area (Å²) in [6.07, 6.45) is 4.36. The summed E-state index contributed by atoms with van der Waals surface area (Å²) in [5, 5.41) is 13.8. The van der Waals surface area contributed by atoms with Crippen molar-refractivity contribution in [1.29, 1.82) is 0 Å². The third kappa shape index (κ3) is 3.41. The van der Waals surface area contributed by atoms with Crippen LogP contribution in [0.2, 0.25) is 10.0 Å². The summed E-state index contributed by atoms with van der Waals surface area (Å²) >= 11 is 11.9. The Morgan fingerprint density at radius 2 is 1.95 bits per heavy atom. The maximum Gasteiger partial charge on any atom is 0.323 e. The van der Waals surface area contributed by atoms with E-state index in [1.165, 1.54) is 0 Å². The fraction of sp³-hybridized carbons (Fsp3) is 0.500. The summed E-state index contributed by atoms with van der Waals surface area (Å²) in [4.78, 5) is 11.5. The number of rotatable bonds is 4. The number of carbonyl (C=O) groups is 1. The van der Waals surface area contributed by atoms with Gasteiger partial charge in [-0.25, -0.2) is 0 Å². The van der Waals surface area contributed by atoms with E-state index in [0.29, 0.717) is 29.4 Å². The average molecular weight is 302 g/mol. The highest BCUT2D eigenvalue weighted by molar-refractivity contribution is 6.35. The van der Waals surface area contributed by atoms with Gasteiger partial charge in [-0.05, 0) is 30.5 Å². The molecule has 2 N–H and O–H groups in total. The Bertz CT molecular complexity index is 471.